The van der Waals surface area contributed by atoms with Gasteiger partial charge in [-0.25, -0.2) is 4.79 Å². The molecular weight excluding hydrogens is 294 g/mol. The Morgan fingerprint density at radius 3 is 2.65 bits per heavy atom. The fourth-order valence-electron chi connectivity index (χ4n) is 3.35. The number of aliphatic hydroxyl groups excluding tert-OH is 1. The number of ether oxygens (including phenoxy) is 1. The van der Waals surface area contributed by atoms with Crippen LogP contribution in [0.25, 0.3) is 0 Å². The molecule has 2 rings (SSSR count). The molecule has 5 nitrogen and oxygen atoms in total. The molecular formula is C18H27NO4. The third-order valence-electron chi connectivity index (χ3n) is 4.45. The van der Waals surface area contributed by atoms with Gasteiger partial charge < -0.3 is 14.7 Å². The van der Waals surface area contributed by atoms with Crippen molar-refractivity contribution in [2.24, 2.45) is 5.16 Å². The van der Waals surface area contributed by atoms with Crippen molar-refractivity contribution < 1.29 is 19.5 Å². The maximum atomic E-state index is 12.5. The van der Waals surface area contributed by atoms with Crippen LogP contribution in [-0.4, -0.2) is 29.0 Å². The van der Waals surface area contributed by atoms with Crippen LogP contribution in [0.4, 0.5) is 0 Å². The molecule has 23 heavy (non-hydrogen) atoms. The first-order chi connectivity index (χ1) is 11.1. The number of carbonyl (C=O) groups is 1. The Labute approximate surface area is 138 Å². The SMILES string of the molecule is C=CCO/N=C(\CCC)C1=C(O)CC2(CCCCCC2)OC1=O. The summed E-state index contributed by atoms with van der Waals surface area (Å²) in [6.07, 6.45) is 9.36. The molecule has 5 heteroatoms. The summed E-state index contributed by atoms with van der Waals surface area (Å²) in [4.78, 5) is 17.7. The third kappa shape index (κ3) is 4.36. The zero-order valence-electron chi connectivity index (χ0n) is 14.0. The van der Waals surface area contributed by atoms with E-state index in [-0.39, 0.29) is 17.9 Å². The minimum absolute atomic E-state index is 0.0950. The van der Waals surface area contributed by atoms with Gasteiger partial charge in [-0.1, -0.05) is 44.0 Å². The van der Waals surface area contributed by atoms with E-state index < -0.39 is 11.6 Å². The third-order valence-corrected chi connectivity index (χ3v) is 4.45. The number of aliphatic hydroxyl groups is 1. The van der Waals surface area contributed by atoms with Gasteiger partial charge in [0, 0.05) is 6.42 Å². The van der Waals surface area contributed by atoms with Gasteiger partial charge in [-0.3, -0.25) is 0 Å². The van der Waals surface area contributed by atoms with Gasteiger partial charge in [0.1, 0.15) is 23.5 Å². The number of rotatable bonds is 6. The van der Waals surface area contributed by atoms with Crippen molar-refractivity contribution >= 4 is 11.7 Å². The average Bonchev–Trinajstić information content (AvgIpc) is 2.72. The molecule has 0 saturated heterocycles. The van der Waals surface area contributed by atoms with Gasteiger partial charge in [0.25, 0.3) is 0 Å². The Kier molecular flexibility index (Phi) is 6.25. The molecule has 1 aliphatic heterocycles. The van der Waals surface area contributed by atoms with Crippen LogP contribution in [0, 0.1) is 0 Å². The van der Waals surface area contributed by atoms with Crippen LogP contribution < -0.4 is 0 Å². The van der Waals surface area contributed by atoms with Gasteiger partial charge in [0.05, 0.1) is 5.71 Å². The summed E-state index contributed by atoms with van der Waals surface area (Å²) in [5, 5.41) is 14.5. The number of carbonyl (C=O) groups excluding carboxylic acids is 1. The zero-order chi connectivity index (χ0) is 16.7. The van der Waals surface area contributed by atoms with Crippen molar-refractivity contribution in [3.63, 3.8) is 0 Å². The summed E-state index contributed by atoms with van der Waals surface area (Å²) in [7, 11) is 0. The van der Waals surface area contributed by atoms with Gasteiger partial charge in [0.15, 0.2) is 0 Å². The van der Waals surface area contributed by atoms with Crippen LogP contribution in [0.15, 0.2) is 29.1 Å². The fraction of sp³-hybridized carbons (Fsp3) is 0.667. The predicted molar refractivity (Wildman–Crippen MR) is 89.3 cm³/mol. The maximum Gasteiger partial charge on any atom is 0.344 e. The highest BCUT2D eigenvalue weighted by molar-refractivity contribution is 6.20. The lowest BCUT2D eigenvalue weighted by Gasteiger charge is -2.36. The van der Waals surface area contributed by atoms with E-state index in [1.165, 1.54) is 0 Å². The van der Waals surface area contributed by atoms with Crippen molar-refractivity contribution in [1.29, 1.82) is 0 Å². The van der Waals surface area contributed by atoms with Gasteiger partial charge in [-0.15, -0.1) is 0 Å². The standard InChI is InChI=1S/C18H27NO4/c1-3-9-14(19-22-12-4-2)16-15(20)13-18(23-17(16)21)10-7-5-6-8-11-18/h4,20H,2-3,5-13H2,1H3/b19-14+. The smallest absolute Gasteiger partial charge is 0.344 e. The van der Waals surface area contributed by atoms with Crippen LogP contribution in [0.3, 0.4) is 0 Å². The summed E-state index contributed by atoms with van der Waals surface area (Å²) < 4.78 is 5.80. The van der Waals surface area contributed by atoms with E-state index in [0.29, 0.717) is 18.6 Å². The molecule has 0 aromatic carbocycles. The van der Waals surface area contributed by atoms with Crippen molar-refractivity contribution in [2.75, 3.05) is 6.61 Å². The molecule has 1 heterocycles. The zero-order valence-corrected chi connectivity index (χ0v) is 14.0. The number of oxime groups is 1. The lowest BCUT2D eigenvalue weighted by atomic mass is 9.85. The summed E-state index contributed by atoms with van der Waals surface area (Å²) in [5.41, 5.74) is 0.117. The van der Waals surface area contributed by atoms with E-state index in [1.807, 2.05) is 6.92 Å². The Balaban J connectivity index is 2.24. The van der Waals surface area contributed by atoms with Crippen molar-refractivity contribution in [2.45, 2.75) is 70.3 Å². The van der Waals surface area contributed by atoms with Crippen LogP contribution in [-0.2, 0) is 14.4 Å². The highest BCUT2D eigenvalue weighted by Crippen LogP contribution is 2.40. The molecule has 0 amide bonds. The van der Waals surface area contributed by atoms with E-state index in [0.717, 1.165) is 44.9 Å². The molecule has 0 bridgehead atoms. The van der Waals surface area contributed by atoms with Crippen LogP contribution in [0.2, 0.25) is 0 Å². The van der Waals surface area contributed by atoms with E-state index >= 15 is 0 Å². The Morgan fingerprint density at radius 1 is 1.39 bits per heavy atom. The molecule has 0 aromatic heterocycles. The van der Waals surface area contributed by atoms with Crippen molar-refractivity contribution in [3.8, 4) is 0 Å². The second-order valence-electron chi connectivity index (χ2n) is 6.36. The Morgan fingerprint density at radius 2 is 2.09 bits per heavy atom. The highest BCUT2D eigenvalue weighted by Gasteiger charge is 2.43. The van der Waals surface area contributed by atoms with Crippen LogP contribution in [0.5, 0.6) is 0 Å². The van der Waals surface area contributed by atoms with E-state index in [4.69, 9.17) is 9.57 Å². The summed E-state index contributed by atoms with van der Waals surface area (Å²) in [5.74, 6) is -0.373. The molecule has 0 unspecified atom stereocenters. The Bertz CT molecular complexity index is 499. The topological polar surface area (TPSA) is 68.1 Å². The van der Waals surface area contributed by atoms with Gasteiger partial charge in [-0.2, -0.15) is 0 Å². The van der Waals surface area contributed by atoms with Crippen molar-refractivity contribution in [3.05, 3.63) is 24.0 Å². The van der Waals surface area contributed by atoms with Crippen LogP contribution in [0.1, 0.15) is 64.7 Å². The van der Waals surface area contributed by atoms with Crippen LogP contribution >= 0.6 is 0 Å². The minimum Gasteiger partial charge on any atom is -0.511 e. The largest absolute Gasteiger partial charge is 0.511 e. The molecule has 1 aliphatic carbocycles. The average molecular weight is 321 g/mol. The highest BCUT2D eigenvalue weighted by atomic mass is 16.6. The predicted octanol–water partition coefficient (Wildman–Crippen LogP) is 4.20. The molecule has 1 fully saturated rings. The molecule has 1 spiro atoms. The summed E-state index contributed by atoms with van der Waals surface area (Å²) >= 11 is 0. The number of nitrogens with zero attached hydrogens (tertiary/aromatic N) is 1. The van der Waals surface area contributed by atoms with Gasteiger partial charge >= 0.3 is 5.97 Å². The molecule has 1 N–H and O–H groups in total. The number of esters is 1. The molecule has 0 radical (unpaired) electrons. The normalized spacial score (nSPS) is 21.8. The van der Waals surface area contributed by atoms with E-state index in [9.17, 15) is 9.90 Å². The molecule has 0 atom stereocenters. The minimum atomic E-state index is -0.527. The van der Waals surface area contributed by atoms with Gasteiger partial charge in [0.2, 0.25) is 0 Å². The maximum absolute atomic E-state index is 12.5. The van der Waals surface area contributed by atoms with E-state index in [1.54, 1.807) is 6.08 Å². The molecule has 2 aliphatic rings. The summed E-state index contributed by atoms with van der Waals surface area (Å²) in [6, 6.07) is 0. The summed E-state index contributed by atoms with van der Waals surface area (Å²) in [6.45, 7) is 5.82. The monoisotopic (exact) mass is 321 g/mol. The van der Waals surface area contributed by atoms with Gasteiger partial charge in [-0.05, 0) is 32.1 Å². The first kappa shape index (κ1) is 17.6. The lowest BCUT2D eigenvalue weighted by molar-refractivity contribution is -0.159. The van der Waals surface area contributed by atoms with Crippen molar-refractivity contribution in [1.82, 2.24) is 0 Å². The second kappa shape index (κ2) is 8.18. The molecule has 1 saturated carbocycles. The Hall–Kier alpha value is -1.78. The first-order valence-electron chi connectivity index (χ1n) is 8.57. The lowest BCUT2D eigenvalue weighted by Crippen LogP contribution is -2.41. The quantitative estimate of drug-likeness (QED) is 0.262. The second-order valence-corrected chi connectivity index (χ2v) is 6.36. The van der Waals surface area contributed by atoms with E-state index in [2.05, 4.69) is 11.7 Å². The molecule has 0 aromatic rings. The fourth-order valence-corrected chi connectivity index (χ4v) is 3.35. The first-order valence-corrected chi connectivity index (χ1v) is 8.57. The number of hydrogen-bond acceptors (Lipinski definition) is 5. The molecule has 128 valence electrons. The number of hydrogen-bond donors (Lipinski definition) is 1.